The summed E-state index contributed by atoms with van der Waals surface area (Å²) in [7, 11) is 0.316. The molecule has 0 radical (unpaired) electrons. The normalized spacial score (nSPS) is 14.7. The van der Waals surface area contributed by atoms with Gasteiger partial charge in [-0.05, 0) is 60.6 Å². The van der Waals surface area contributed by atoms with E-state index in [2.05, 4.69) is 5.32 Å². The zero-order chi connectivity index (χ0) is 19.6. The Kier molecular flexibility index (Phi) is 5.23. The number of rotatable bonds is 5. The average molecular weight is 366 g/mol. The summed E-state index contributed by atoms with van der Waals surface area (Å²) < 4.78 is 10.3. The van der Waals surface area contributed by atoms with Gasteiger partial charge >= 0.3 is 13.6 Å². The van der Waals surface area contributed by atoms with E-state index in [0.717, 1.165) is 34.1 Å². The summed E-state index contributed by atoms with van der Waals surface area (Å²) in [6, 6.07) is 11.6. The lowest BCUT2D eigenvalue weighted by Gasteiger charge is -2.20. The van der Waals surface area contributed by atoms with E-state index in [1.165, 1.54) is 0 Å². The molecule has 1 aliphatic rings. The SMILES string of the molecule is CC(C)(C)OC(=O)Nc1ccc2c(c1)C(CO)c1cc(BOC=N)ccc1-2. The third-order valence-electron chi connectivity index (χ3n) is 4.37. The summed E-state index contributed by atoms with van der Waals surface area (Å²) in [5.74, 6) is -0.171. The van der Waals surface area contributed by atoms with E-state index in [9.17, 15) is 9.90 Å². The van der Waals surface area contributed by atoms with Crippen LogP contribution in [0.3, 0.4) is 0 Å². The van der Waals surface area contributed by atoms with Crippen LogP contribution >= 0.6 is 0 Å². The molecule has 3 rings (SSSR count). The fourth-order valence-corrected chi connectivity index (χ4v) is 3.33. The highest BCUT2D eigenvalue weighted by Crippen LogP contribution is 2.45. The van der Waals surface area contributed by atoms with Gasteiger partial charge in [0, 0.05) is 11.6 Å². The third kappa shape index (κ3) is 4.14. The van der Waals surface area contributed by atoms with Gasteiger partial charge in [0.15, 0.2) is 0 Å². The van der Waals surface area contributed by atoms with Crippen molar-refractivity contribution < 1.29 is 19.3 Å². The van der Waals surface area contributed by atoms with Crippen molar-refractivity contribution in [3.8, 4) is 11.1 Å². The Morgan fingerprint density at radius 2 is 1.89 bits per heavy atom. The fourth-order valence-electron chi connectivity index (χ4n) is 3.33. The van der Waals surface area contributed by atoms with Gasteiger partial charge in [0.05, 0.1) is 6.61 Å². The number of aliphatic hydroxyl groups excluding tert-OH is 1. The van der Waals surface area contributed by atoms with Crippen LogP contribution in [0, 0.1) is 5.41 Å². The second-order valence-electron chi connectivity index (χ2n) is 7.51. The van der Waals surface area contributed by atoms with Crippen molar-refractivity contribution in [1.82, 2.24) is 0 Å². The zero-order valence-electron chi connectivity index (χ0n) is 15.7. The maximum atomic E-state index is 12.0. The van der Waals surface area contributed by atoms with E-state index in [1.807, 2.05) is 57.2 Å². The van der Waals surface area contributed by atoms with Crippen LogP contribution in [-0.2, 0) is 9.39 Å². The average Bonchev–Trinajstić information content (AvgIpc) is 2.90. The standard InChI is InChI=1S/C20H23BN2O4/c1-20(2,3)27-19(25)23-13-5-7-15-14-6-4-12(21-26-11-22)8-16(14)18(10-24)17(15)9-13/h4-9,11,18,21-22,24H,10H2,1-3H3,(H,23,25). The molecule has 1 atom stereocenters. The van der Waals surface area contributed by atoms with Gasteiger partial charge in [0.2, 0.25) is 0 Å². The molecule has 7 heteroatoms. The van der Waals surface area contributed by atoms with Gasteiger partial charge in [-0.1, -0.05) is 24.3 Å². The molecule has 6 nitrogen and oxygen atoms in total. The van der Waals surface area contributed by atoms with Crippen LogP contribution in [0.4, 0.5) is 10.5 Å². The molecular weight excluding hydrogens is 343 g/mol. The molecule has 1 amide bonds. The number of carbonyl (C=O) groups excluding carboxylic acids is 1. The number of hydrogen-bond acceptors (Lipinski definition) is 5. The van der Waals surface area contributed by atoms with Crippen LogP contribution in [-0.4, -0.2) is 37.3 Å². The Morgan fingerprint density at radius 1 is 1.22 bits per heavy atom. The molecule has 0 heterocycles. The van der Waals surface area contributed by atoms with Crippen molar-refractivity contribution in [3.05, 3.63) is 47.5 Å². The van der Waals surface area contributed by atoms with E-state index < -0.39 is 11.7 Å². The highest BCUT2D eigenvalue weighted by atomic mass is 16.6. The molecular formula is C20H23BN2O4. The van der Waals surface area contributed by atoms with Crippen molar-refractivity contribution in [2.24, 2.45) is 0 Å². The first-order chi connectivity index (χ1) is 12.8. The molecule has 0 spiro atoms. The van der Waals surface area contributed by atoms with E-state index in [-0.39, 0.29) is 12.5 Å². The summed E-state index contributed by atoms with van der Waals surface area (Å²) in [6.07, 6.45) is 0.407. The number of carbonyl (C=O) groups is 1. The highest BCUT2D eigenvalue weighted by molar-refractivity contribution is 6.48. The second-order valence-corrected chi connectivity index (χ2v) is 7.51. The van der Waals surface area contributed by atoms with Crippen LogP contribution in [0.1, 0.15) is 37.8 Å². The quantitative estimate of drug-likeness (QED) is 0.431. The number of ether oxygens (including phenoxy) is 1. The Morgan fingerprint density at radius 3 is 2.52 bits per heavy atom. The van der Waals surface area contributed by atoms with Crippen LogP contribution in [0.25, 0.3) is 11.1 Å². The minimum atomic E-state index is -0.570. The number of benzene rings is 2. The van der Waals surface area contributed by atoms with Gasteiger partial charge in [-0.2, -0.15) is 0 Å². The van der Waals surface area contributed by atoms with Crippen molar-refractivity contribution in [2.75, 3.05) is 11.9 Å². The topological polar surface area (TPSA) is 91.6 Å². The lowest BCUT2D eigenvalue weighted by atomic mass is 9.84. The van der Waals surface area contributed by atoms with Crippen LogP contribution in [0.2, 0.25) is 0 Å². The molecule has 0 bridgehead atoms. The number of nitrogens with one attached hydrogen (secondary N) is 2. The molecule has 0 aromatic heterocycles. The maximum Gasteiger partial charge on any atom is 0.412 e. The number of fused-ring (bicyclic) bond motifs is 3. The van der Waals surface area contributed by atoms with Gasteiger partial charge in [-0.15, -0.1) is 0 Å². The van der Waals surface area contributed by atoms with Gasteiger partial charge in [0.1, 0.15) is 12.0 Å². The summed E-state index contributed by atoms with van der Waals surface area (Å²) in [5, 5.41) is 19.7. The predicted molar refractivity (Wildman–Crippen MR) is 107 cm³/mol. The molecule has 0 saturated carbocycles. The van der Waals surface area contributed by atoms with Crippen LogP contribution in [0.5, 0.6) is 0 Å². The Bertz CT molecular complexity index is 877. The predicted octanol–water partition coefficient (Wildman–Crippen LogP) is 2.74. The zero-order valence-corrected chi connectivity index (χ0v) is 15.7. The van der Waals surface area contributed by atoms with Crippen molar-refractivity contribution in [1.29, 1.82) is 5.41 Å². The largest absolute Gasteiger partial charge is 0.552 e. The minimum absolute atomic E-state index is 0.0369. The van der Waals surface area contributed by atoms with Crippen molar-refractivity contribution in [3.63, 3.8) is 0 Å². The van der Waals surface area contributed by atoms with Gasteiger partial charge in [-0.3, -0.25) is 10.7 Å². The molecule has 3 N–H and O–H groups in total. The smallest absolute Gasteiger partial charge is 0.412 e. The van der Waals surface area contributed by atoms with E-state index in [0.29, 0.717) is 13.2 Å². The number of hydrogen-bond donors (Lipinski definition) is 3. The summed E-state index contributed by atoms with van der Waals surface area (Å²) in [5.41, 5.74) is 5.08. The summed E-state index contributed by atoms with van der Waals surface area (Å²) in [6.45, 7) is 5.40. The van der Waals surface area contributed by atoms with Crippen molar-refractivity contribution >= 4 is 31.1 Å². The van der Waals surface area contributed by atoms with Crippen LogP contribution < -0.4 is 10.8 Å². The first-order valence-corrected chi connectivity index (χ1v) is 8.81. The lowest BCUT2D eigenvalue weighted by molar-refractivity contribution is 0.0636. The number of aliphatic hydroxyl groups is 1. The first-order valence-electron chi connectivity index (χ1n) is 8.81. The molecule has 0 saturated heterocycles. The van der Waals surface area contributed by atoms with Gasteiger partial charge in [-0.25, -0.2) is 4.79 Å². The Balaban J connectivity index is 1.88. The monoisotopic (exact) mass is 366 g/mol. The summed E-state index contributed by atoms with van der Waals surface area (Å²) >= 11 is 0. The molecule has 0 fully saturated rings. The molecule has 1 unspecified atom stereocenters. The molecule has 27 heavy (non-hydrogen) atoms. The Hall–Kier alpha value is -2.80. The molecule has 2 aromatic rings. The number of anilines is 1. The minimum Gasteiger partial charge on any atom is -0.552 e. The van der Waals surface area contributed by atoms with Gasteiger partial charge in [0.25, 0.3) is 0 Å². The maximum absolute atomic E-state index is 12.0. The Labute approximate surface area is 159 Å². The van der Waals surface area contributed by atoms with Gasteiger partial charge < -0.3 is 14.5 Å². The summed E-state index contributed by atoms with van der Waals surface area (Å²) in [4.78, 5) is 12.0. The lowest BCUT2D eigenvalue weighted by Crippen LogP contribution is -2.27. The number of amides is 1. The molecule has 2 aromatic carbocycles. The fraction of sp³-hybridized carbons (Fsp3) is 0.300. The van der Waals surface area contributed by atoms with E-state index in [4.69, 9.17) is 14.8 Å². The first kappa shape index (κ1) is 19.0. The van der Waals surface area contributed by atoms with Crippen molar-refractivity contribution in [2.45, 2.75) is 32.3 Å². The molecule has 140 valence electrons. The van der Waals surface area contributed by atoms with Crippen LogP contribution in [0.15, 0.2) is 36.4 Å². The molecule has 1 aliphatic carbocycles. The van der Waals surface area contributed by atoms with E-state index in [1.54, 1.807) is 0 Å². The third-order valence-corrected chi connectivity index (χ3v) is 4.37. The van der Waals surface area contributed by atoms with E-state index >= 15 is 0 Å². The second kappa shape index (κ2) is 7.44. The molecule has 0 aliphatic heterocycles. The highest BCUT2D eigenvalue weighted by Gasteiger charge is 2.29.